The Balaban J connectivity index is 2.09. The van der Waals surface area contributed by atoms with Gasteiger partial charge in [0.15, 0.2) is 0 Å². The Labute approximate surface area is 190 Å². The van der Waals surface area contributed by atoms with Gasteiger partial charge in [-0.1, -0.05) is 89.6 Å². The fourth-order valence-corrected chi connectivity index (χ4v) is 5.16. The van der Waals surface area contributed by atoms with Crippen LogP contribution < -0.4 is 0 Å². The Morgan fingerprint density at radius 2 is 1.45 bits per heavy atom. The van der Waals surface area contributed by atoms with Gasteiger partial charge in [0.2, 0.25) is 0 Å². The molecule has 0 heterocycles. The predicted octanol–water partition coefficient (Wildman–Crippen LogP) is 6.74. The first-order valence-corrected chi connectivity index (χ1v) is 12.3. The van der Waals surface area contributed by atoms with E-state index in [4.69, 9.17) is 0 Å². The fraction of sp³-hybridized carbons (Fsp3) is 0.154. The van der Waals surface area contributed by atoms with Crippen molar-refractivity contribution in [2.24, 2.45) is 0 Å². The molecule has 3 rings (SSSR count). The summed E-state index contributed by atoms with van der Waals surface area (Å²) in [6.45, 7) is 6.15. The molecule has 160 valence electrons. The van der Waals surface area contributed by atoms with E-state index in [1.807, 2.05) is 99.6 Å². The third kappa shape index (κ3) is 6.36. The van der Waals surface area contributed by atoms with Crippen LogP contribution >= 0.6 is 11.8 Å². The highest BCUT2D eigenvalue weighted by atomic mass is 32.2. The molecular formula is C26H27NO2S2. The largest absolute Gasteiger partial charge is 0.268 e. The van der Waals surface area contributed by atoms with Crippen molar-refractivity contribution in [3.05, 3.63) is 114 Å². The Hall–Kier alpha value is -2.76. The molecule has 0 atom stereocenters. The van der Waals surface area contributed by atoms with Crippen LogP contribution in [0.4, 0.5) is 0 Å². The molecule has 0 aromatic heterocycles. The van der Waals surface area contributed by atoms with Gasteiger partial charge in [-0.05, 0) is 50.6 Å². The van der Waals surface area contributed by atoms with Gasteiger partial charge in [0.05, 0.1) is 11.4 Å². The molecule has 0 radical (unpaired) electrons. The normalized spacial score (nSPS) is 11.8. The molecule has 3 aromatic rings. The molecule has 0 bridgehead atoms. The Bertz CT molecular complexity index is 1150. The number of benzene rings is 3. The lowest BCUT2D eigenvalue weighted by Gasteiger charge is -2.21. The summed E-state index contributed by atoms with van der Waals surface area (Å²) in [6, 6.07) is 26.8. The lowest BCUT2D eigenvalue weighted by Crippen LogP contribution is -2.26. The highest BCUT2D eigenvalue weighted by molar-refractivity contribution is 8.08. The van der Waals surface area contributed by atoms with Gasteiger partial charge in [0.1, 0.15) is 0 Å². The number of aryl methyl sites for hydroxylation is 1. The number of allylic oxidation sites excluding steroid dienone is 1. The average molecular weight is 450 g/mol. The number of rotatable bonds is 8. The van der Waals surface area contributed by atoms with Gasteiger partial charge in [-0.25, -0.2) is 8.42 Å². The van der Waals surface area contributed by atoms with E-state index in [0.717, 1.165) is 26.5 Å². The van der Waals surface area contributed by atoms with E-state index in [-0.39, 0.29) is 11.4 Å². The van der Waals surface area contributed by atoms with Crippen LogP contribution in [0.3, 0.4) is 0 Å². The molecule has 5 heteroatoms. The van der Waals surface area contributed by atoms with Crippen LogP contribution in [0.2, 0.25) is 0 Å². The van der Waals surface area contributed by atoms with Crippen LogP contribution in [-0.4, -0.2) is 19.3 Å². The number of thioether (sulfide) groups is 1. The SMILES string of the molecule is CC(C)=CCN(/C=C(/Sc1ccccc1)c1ccccc1)S(=O)(=O)c1ccc(C)cc1. The molecule has 0 saturated heterocycles. The third-order valence-electron chi connectivity index (χ3n) is 4.60. The summed E-state index contributed by atoms with van der Waals surface area (Å²) in [6.07, 6.45) is 3.68. The molecule has 0 saturated carbocycles. The lowest BCUT2D eigenvalue weighted by molar-refractivity contribution is 0.523. The molecule has 0 aliphatic rings. The van der Waals surface area contributed by atoms with E-state index in [1.54, 1.807) is 30.1 Å². The summed E-state index contributed by atoms with van der Waals surface area (Å²) < 4.78 is 28.5. The van der Waals surface area contributed by atoms with E-state index in [2.05, 4.69) is 0 Å². The summed E-state index contributed by atoms with van der Waals surface area (Å²) >= 11 is 1.55. The molecule has 0 spiro atoms. The smallest absolute Gasteiger partial charge is 0.264 e. The summed E-state index contributed by atoms with van der Waals surface area (Å²) in [4.78, 5) is 2.20. The topological polar surface area (TPSA) is 37.4 Å². The second kappa shape index (κ2) is 10.5. The number of hydrogen-bond acceptors (Lipinski definition) is 3. The van der Waals surface area contributed by atoms with Crippen molar-refractivity contribution in [1.82, 2.24) is 4.31 Å². The van der Waals surface area contributed by atoms with Crippen LogP contribution in [0.1, 0.15) is 25.0 Å². The van der Waals surface area contributed by atoms with Crippen LogP contribution in [0.25, 0.3) is 4.91 Å². The zero-order valence-electron chi connectivity index (χ0n) is 18.0. The molecule has 0 unspecified atom stereocenters. The van der Waals surface area contributed by atoms with Gasteiger partial charge in [-0.2, -0.15) is 0 Å². The quantitative estimate of drug-likeness (QED) is 0.282. The van der Waals surface area contributed by atoms with Crippen LogP contribution in [0.15, 0.2) is 113 Å². The Kier molecular flexibility index (Phi) is 7.77. The summed E-state index contributed by atoms with van der Waals surface area (Å²) in [7, 11) is -3.71. The lowest BCUT2D eigenvalue weighted by atomic mass is 10.2. The second-order valence-electron chi connectivity index (χ2n) is 7.44. The highest BCUT2D eigenvalue weighted by Gasteiger charge is 2.22. The van der Waals surface area contributed by atoms with Crippen LogP contribution in [-0.2, 0) is 10.0 Å². The zero-order valence-corrected chi connectivity index (χ0v) is 19.7. The minimum atomic E-state index is -3.71. The average Bonchev–Trinajstić information content (AvgIpc) is 2.77. The fourth-order valence-electron chi connectivity index (χ4n) is 2.85. The summed E-state index contributed by atoms with van der Waals surface area (Å²) in [5.41, 5.74) is 3.06. The molecule has 0 amide bonds. The minimum Gasteiger partial charge on any atom is -0.268 e. The molecule has 0 aliphatic carbocycles. The van der Waals surface area contributed by atoms with Gasteiger partial charge in [-0.3, -0.25) is 4.31 Å². The van der Waals surface area contributed by atoms with Gasteiger partial charge in [-0.15, -0.1) is 0 Å². The van der Waals surface area contributed by atoms with E-state index in [9.17, 15) is 8.42 Å². The Morgan fingerprint density at radius 3 is 2.03 bits per heavy atom. The van der Waals surface area contributed by atoms with Crippen molar-refractivity contribution >= 4 is 26.7 Å². The summed E-state index contributed by atoms with van der Waals surface area (Å²) in [5.74, 6) is 0. The van der Waals surface area contributed by atoms with Crippen molar-refractivity contribution in [3.63, 3.8) is 0 Å². The van der Waals surface area contributed by atoms with Crippen LogP contribution in [0, 0.1) is 6.92 Å². The maximum absolute atomic E-state index is 13.5. The summed E-state index contributed by atoms with van der Waals surface area (Å²) in [5, 5.41) is 0. The van der Waals surface area contributed by atoms with E-state index < -0.39 is 10.0 Å². The van der Waals surface area contributed by atoms with Gasteiger partial charge < -0.3 is 0 Å². The molecule has 3 nitrogen and oxygen atoms in total. The third-order valence-corrected chi connectivity index (χ3v) is 7.41. The zero-order chi connectivity index (χ0) is 22.3. The van der Waals surface area contributed by atoms with E-state index in [0.29, 0.717) is 0 Å². The first-order valence-electron chi connectivity index (χ1n) is 10.1. The number of hydrogen-bond donors (Lipinski definition) is 0. The van der Waals surface area contributed by atoms with E-state index >= 15 is 0 Å². The molecule has 0 aliphatic heterocycles. The van der Waals surface area contributed by atoms with Crippen molar-refractivity contribution in [2.45, 2.75) is 30.6 Å². The molecule has 3 aromatic carbocycles. The maximum Gasteiger partial charge on any atom is 0.264 e. The van der Waals surface area contributed by atoms with Gasteiger partial charge in [0, 0.05) is 16.0 Å². The van der Waals surface area contributed by atoms with Crippen molar-refractivity contribution < 1.29 is 8.42 Å². The molecule has 0 N–H and O–H groups in total. The minimum absolute atomic E-state index is 0.268. The molecule has 31 heavy (non-hydrogen) atoms. The first kappa shape index (κ1) is 22.9. The van der Waals surface area contributed by atoms with Gasteiger partial charge in [0.25, 0.3) is 10.0 Å². The molecule has 0 fully saturated rings. The van der Waals surface area contributed by atoms with Crippen molar-refractivity contribution in [3.8, 4) is 0 Å². The van der Waals surface area contributed by atoms with Crippen molar-refractivity contribution in [1.29, 1.82) is 0 Å². The second-order valence-corrected chi connectivity index (χ2v) is 10.4. The standard InChI is InChI=1S/C26H27NO2S2/c1-21(2)18-19-27(31(28,29)25-16-14-22(3)15-17-25)20-26(23-10-6-4-7-11-23)30-24-12-8-5-9-13-24/h4-18,20H,19H2,1-3H3/b26-20+. The van der Waals surface area contributed by atoms with Gasteiger partial charge >= 0.3 is 0 Å². The van der Waals surface area contributed by atoms with E-state index in [1.165, 1.54) is 4.31 Å². The number of sulfonamides is 1. The number of nitrogens with zero attached hydrogens (tertiary/aromatic N) is 1. The van der Waals surface area contributed by atoms with Crippen LogP contribution in [0.5, 0.6) is 0 Å². The predicted molar refractivity (Wildman–Crippen MR) is 131 cm³/mol. The maximum atomic E-state index is 13.5. The first-order chi connectivity index (χ1) is 14.9. The molecular weight excluding hydrogens is 422 g/mol. The monoisotopic (exact) mass is 449 g/mol. The van der Waals surface area contributed by atoms with Crippen molar-refractivity contribution in [2.75, 3.05) is 6.54 Å². The Morgan fingerprint density at radius 1 is 0.871 bits per heavy atom. The highest BCUT2D eigenvalue weighted by Crippen LogP contribution is 2.35.